The highest BCUT2D eigenvalue weighted by Crippen LogP contribution is 2.26. The fourth-order valence-corrected chi connectivity index (χ4v) is 1.49. The average Bonchev–Trinajstić information content (AvgIpc) is 2.09. The van der Waals surface area contributed by atoms with Crippen LogP contribution in [0.2, 0.25) is 5.02 Å². The third-order valence-corrected chi connectivity index (χ3v) is 2.13. The molecular weight excluding hydrogens is 186 g/mol. The molecule has 13 heavy (non-hydrogen) atoms. The van der Waals surface area contributed by atoms with Gasteiger partial charge < -0.3 is 10.4 Å². The van der Waals surface area contributed by atoms with Gasteiger partial charge in [0.1, 0.15) is 5.75 Å². The molecule has 0 aromatic heterocycles. The molecule has 3 heteroatoms. The van der Waals surface area contributed by atoms with Crippen molar-refractivity contribution in [2.45, 2.75) is 20.4 Å². The Morgan fingerprint density at radius 2 is 2.15 bits per heavy atom. The monoisotopic (exact) mass is 199 g/mol. The molecule has 1 rings (SSSR count). The second-order valence-electron chi connectivity index (χ2n) is 3.01. The van der Waals surface area contributed by atoms with Gasteiger partial charge in [-0.15, -0.1) is 0 Å². The third-order valence-electron chi connectivity index (χ3n) is 1.91. The summed E-state index contributed by atoms with van der Waals surface area (Å²) in [5.74, 6) is 0.338. The molecule has 2 N–H and O–H groups in total. The summed E-state index contributed by atoms with van der Waals surface area (Å²) in [6, 6.07) is 3.54. The largest absolute Gasteiger partial charge is 0.507 e. The number of phenols is 1. The van der Waals surface area contributed by atoms with Gasteiger partial charge in [-0.1, -0.05) is 18.5 Å². The quantitative estimate of drug-likeness (QED) is 0.784. The van der Waals surface area contributed by atoms with Crippen molar-refractivity contribution in [1.29, 1.82) is 0 Å². The van der Waals surface area contributed by atoms with Crippen LogP contribution in [-0.2, 0) is 6.54 Å². The topological polar surface area (TPSA) is 32.3 Å². The lowest BCUT2D eigenvalue weighted by atomic mass is 10.1. The van der Waals surface area contributed by atoms with Gasteiger partial charge in [-0.05, 0) is 31.2 Å². The Bertz CT molecular complexity index is 299. The summed E-state index contributed by atoms with van der Waals surface area (Å²) in [5.41, 5.74) is 1.67. The zero-order chi connectivity index (χ0) is 9.84. The number of phenolic OH excluding ortho intramolecular Hbond substituents is 1. The summed E-state index contributed by atoms with van der Waals surface area (Å²) in [6.07, 6.45) is 0. The first-order valence-corrected chi connectivity index (χ1v) is 4.71. The summed E-state index contributed by atoms with van der Waals surface area (Å²) in [6.45, 7) is 5.40. The van der Waals surface area contributed by atoms with Gasteiger partial charge in [-0.3, -0.25) is 0 Å². The van der Waals surface area contributed by atoms with Crippen LogP contribution in [0.3, 0.4) is 0 Å². The summed E-state index contributed by atoms with van der Waals surface area (Å²) >= 11 is 5.86. The Balaban J connectivity index is 2.92. The third kappa shape index (κ3) is 2.61. The molecule has 0 aliphatic carbocycles. The molecule has 72 valence electrons. The zero-order valence-electron chi connectivity index (χ0n) is 7.89. The van der Waals surface area contributed by atoms with Gasteiger partial charge in [0, 0.05) is 17.1 Å². The SMILES string of the molecule is CCNCc1cc(Cl)cc(C)c1O. The van der Waals surface area contributed by atoms with Gasteiger partial charge in [-0.2, -0.15) is 0 Å². The molecule has 0 heterocycles. The molecule has 0 unspecified atom stereocenters. The van der Waals surface area contributed by atoms with Gasteiger partial charge in [0.15, 0.2) is 0 Å². The lowest BCUT2D eigenvalue weighted by Gasteiger charge is -2.08. The molecule has 0 aliphatic rings. The van der Waals surface area contributed by atoms with E-state index in [1.165, 1.54) is 0 Å². The van der Waals surface area contributed by atoms with E-state index < -0.39 is 0 Å². The molecule has 0 spiro atoms. The molecule has 0 saturated carbocycles. The lowest BCUT2D eigenvalue weighted by Crippen LogP contribution is -2.11. The smallest absolute Gasteiger partial charge is 0.123 e. The van der Waals surface area contributed by atoms with Gasteiger partial charge in [-0.25, -0.2) is 0 Å². The number of halogens is 1. The number of hydrogen-bond donors (Lipinski definition) is 2. The van der Waals surface area contributed by atoms with Crippen molar-refractivity contribution < 1.29 is 5.11 Å². The number of aromatic hydroxyl groups is 1. The lowest BCUT2D eigenvalue weighted by molar-refractivity contribution is 0.461. The number of aryl methyl sites for hydroxylation is 1. The first-order chi connectivity index (χ1) is 6.15. The molecular formula is C10H14ClNO. The second kappa shape index (κ2) is 4.49. The fraction of sp³-hybridized carbons (Fsp3) is 0.400. The summed E-state index contributed by atoms with van der Waals surface area (Å²) in [7, 11) is 0. The Kier molecular flexibility index (Phi) is 3.58. The molecule has 0 fully saturated rings. The van der Waals surface area contributed by atoms with Crippen LogP contribution >= 0.6 is 11.6 Å². The van der Waals surface area contributed by atoms with Gasteiger partial charge in [0.05, 0.1) is 0 Å². The van der Waals surface area contributed by atoms with E-state index in [4.69, 9.17) is 11.6 Å². The van der Waals surface area contributed by atoms with Crippen molar-refractivity contribution in [2.75, 3.05) is 6.54 Å². The van der Waals surface area contributed by atoms with E-state index in [-0.39, 0.29) is 0 Å². The van der Waals surface area contributed by atoms with Gasteiger partial charge in [0.2, 0.25) is 0 Å². The molecule has 2 nitrogen and oxygen atoms in total. The zero-order valence-corrected chi connectivity index (χ0v) is 8.65. The summed E-state index contributed by atoms with van der Waals surface area (Å²) in [5, 5.41) is 13.5. The van der Waals surface area contributed by atoms with Crippen molar-refractivity contribution in [3.05, 3.63) is 28.3 Å². The van der Waals surface area contributed by atoms with Crippen molar-refractivity contribution in [3.63, 3.8) is 0 Å². The Morgan fingerprint density at radius 1 is 1.46 bits per heavy atom. The maximum atomic E-state index is 9.65. The van der Waals surface area contributed by atoms with Crippen LogP contribution in [0.25, 0.3) is 0 Å². The van der Waals surface area contributed by atoms with E-state index in [1.807, 2.05) is 13.8 Å². The van der Waals surface area contributed by atoms with E-state index in [0.29, 0.717) is 17.3 Å². The molecule has 1 aromatic rings. The van der Waals surface area contributed by atoms with E-state index in [2.05, 4.69) is 5.32 Å². The molecule has 0 bridgehead atoms. The normalized spacial score (nSPS) is 10.4. The Hall–Kier alpha value is -0.730. The highest BCUT2D eigenvalue weighted by Gasteiger charge is 2.04. The molecule has 1 aromatic carbocycles. The Morgan fingerprint density at radius 3 is 2.77 bits per heavy atom. The predicted octanol–water partition coefficient (Wildman–Crippen LogP) is 2.46. The van der Waals surface area contributed by atoms with Gasteiger partial charge in [0.25, 0.3) is 0 Å². The van der Waals surface area contributed by atoms with Gasteiger partial charge >= 0.3 is 0 Å². The number of rotatable bonds is 3. The number of nitrogens with one attached hydrogen (secondary N) is 1. The predicted molar refractivity (Wildman–Crippen MR) is 55.2 cm³/mol. The van der Waals surface area contributed by atoms with Crippen molar-refractivity contribution in [3.8, 4) is 5.75 Å². The number of hydrogen-bond acceptors (Lipinski definition) is 2. The molecule has 0 aliphatic heterocycles. The minimum atomic E-state index is 0.338. The molecule has 0 radical (unpaired) electrons. The Labute approximate surface area is 83.5 Å². The molecule has 0 amide bonds. The first-order valence-electron chi connectivity index (χ1n) is 4.34. The van der Waals surface area contributed by atoms with Crippen LogP contribution in [0.15, 0.2) is 12.1 Å². The van der Waals surface area contributed by atoms with Crippen LogP contribution in [0.5, 0.6) is 5.75 Å². The van der Waals surface area contributed by atoms with Crippen LogP contribution < -0.4 is 5.32 Å². The van der Waals surface area contributed by atoms with E-state index in [9.17, 15) is 5.11 Å². The van der Waals surface area contributed by atoms with Crippen LogP contribution in [0.4, 0.5) is 0 Å². The highest BCUT2D eigenvalue weighted by molar-refractivity contribution is 6.30. The minimum Gasteiger partial charge on any atom is -0.507 e. The second-order valence-corrected chi connectivity index (χ2v) is 3.45. The first kappa shape index (κ1) is 10.4. The van der Waals surface area contributed by atoms with Crippen molar-refractivity contribution >= 4 is 11.6 Å². The van der Waals surface area contributed by atoms with E-state index >= 15 is 0 Å². The minimum absolute atomic E-state index is 0.338. The van der Waals surface area contributed by atoms with Crippen LogP contribution in [0.1, 0.15) is 18.1 Å². The fourth-order valence-electron chi connectivity index (χ4n) is 1.20. The van der Waals surface area contributed by atoms with E-state index in [1.54, 1.807) is 12.1 Å². The maximum Gasteiger partial charge on any atom is 0.123 e. The standard InChI is InChI=1S/C10H14ClNO/c1-3-12-6-8-5-9(11)4-7(2)10(8)13/h4-5,12-13H,3,6H2,1-2H3. The van der Waals surface area contributed by atoms with E-state index in [0.717, 1.165) is 17.7 Å². The van der Waals surface area contributed by atoms with Crippen molar-refractivity contribution in [1.82, 2.24) is 5.32 Å². The summed E-state index contributed by atoms with van der Waals surface area (Å²) < 4.78 is 0. The number of benzene rings is 1. The summed E-state index contributed by atoms with van der Waals surface area (Å²) in [4.78, 5) is 0. The highest BCUT2D eigenvalue weighted by atomic mass is 35.5. The van der Waals surface area contributed by atoms with Crippen LogP contribution in [-0.4, -0.2) is 11.7 Å². The molecule has 0 atom stereocenters. The molecule has 0 saturated heterocycles. The average molecular weight is 200 g/mol. The maximum absolute atomic E-state index is 9.65. The van der Waals surface area contributed by atoms with Crippen LogP contribution in [0, 0.1) is 6.92 Å². The van der Waals surface area contributed by atoms with Crippen molar-refractivity contribution in [2.24, 2.45) is 0 Å².